The van der Waals surface area contributed by atoms with Crippen molar-refractivity contribution in [3.8, 4) is 11.5 Å². The maximum atomic E-state index is 10.6. The van der Waals surface area contributed by atoms with E-state index >= 15 is 0 Å². The lowest BCUT2D eigenvalue weighted by molar-refractivity contribution is -0.138. The molecular formula is C30H44O6. The summed E-state index contributed by atoms with van der Waals surface area (Å²) in [5, 5.41) is 37.4. The average Bonchev–Trinajstić information content (AvgIpc) is 2.75. The first-order valence-electron chi connectivity index (χ1n) is 12.0. The molecule has 0 aliphatic rings. The molecule has 6 heteroatoms. The lowest BCUT2D eigenvalue weighted by Gasteiger charge is -2.22. The number of hydrogen-bond acceptors (Lipinski definition) is 4. The Kier molecular flexibility index (Phi) is 12.5. The van der Waals surface area contributed by atoms with E-state index in [1.165, 1.54) is 0 Å². The van der Waals surface area contributed by atoms with E-state index in [0.717, 1.165) is 33.4 Å². The number of phenols is 2. The highest BCUT2D eigenvalue weighted by Crippen LogP contribution is 2.35. The van der Waals surface area contributed by atoms with Crippen LogP contribution >= 0.6 is 0 Å². The maximum Gasteiger partial charge on any atom is 0.303 e. The van der Waals surface area contributed by atoms with E-state index in [-0.39, 0.29) is 23.7 Å². The fraction of sp³-hybridized carbons (Fsp3) is 0.467. The molecule has 2 aromatic carbocycles. The van der Waals surface area contributed by atoms with E-state index in [4.69, 9.17) is 10.2 Å². The van der Waals surface area contributed by atoms with Gasteiger partial charge in [0.25, 0.3) is 0 Å². The predicted molar refractivity (Wildman–Crippen MR) is 146 cm³/mol. The highest BCUT2D eigenvalue weighted by molar-refractivity contribution is 5.67. The van der Waals surface area contributed by atoms with Crippen LogP contribution in [0.25, 0.3) is 0 Å². The van der Waals surface area contributed by atoms with Crippen molar-refractivity contribution >= 4 is 11.9 Å². The minimum absolute atomic E-state index is 0.119. The SMILES string of the molecule is C=C.Cc1cc(CCC(=O)O)cc(C(C)(C)C)c1O.Cc1cc(CCC(=O)O)cc(C(C)(C)C)c1O. The highest BCUT2D eigenvalue weighted by Gasteiger charge is 2.21. The molecule has 0 bridgehead atoms. The zero-order chi connectivity index (χ0) is 28.4. The van der Waals surface area contributed by atoms with E-state index in [0.29, 0.717) is 24.3 Å². The third-order valence-corrected chi connectivity index (χ3v) is 5.59. The quantitative estimate of drug-likeness (QED) is 0.323. The van der Waals surface area contributed by atoms with Crippen molar-refractivity contribution in [2.24, 2.45) is 0 Å². The molecule has 36 heavy (non-hydrogen) atoms. The smallest absolute Gasteiger partial charge is 0.303 e. The van der Waals surface area contributed by atoms with Crippen molar-refractivity contribution in [2.75, 3.05) is 0 Å². The lowest BCUT2D eigenvalue weighted by atomic mass is 9.83. The summed E-state index contributed by atoms with van der Waals surface area (Å²) in [6.45, 7) is 21.9. The van der Waals surface area contributed by atoms with Gasteiger partial charge in [0.05, 0.1) is 0 Å². The van der Waals surface area contributed by atoms with Gasteiger partial charge in [0.15, 0.2) is 0 Å². The van der Waals surface area contributed by atoms with Crippen LogP contribution in [-0.4, -0.2) is 32.4 Å². The minimum Gasteiger partial charge on any atom is -0.507 e. The molecule has 0 fully saturated rings. The van der Waals surface area contributed by atoms with E-state index < -0.39 is 11.9 Å². The second kappa shape index (κ2) is 13.7. The second-order valence-corrected chi connectivity index (χ2v) is 10.9. The van der Waals surface area contributed by atoms with Crippen LogP contribution < -0.4 is 0 Å². The van der Waals surface area contributed by atoms with Crippen LogP contribution in [0.3, 0.4) is 0 Å². The summed E-state index contributed by atoms with van der Waals surface area (Å²) in [4.78, 5) is 21.1. The first-order chi connectivity index (χ1) is 16.4. The molecular weight excluding hydrogens is 456 g/mol. The Morgan fingerprint density at radius 3 is 1.17 bits per heavy atom. The summed E-state index contributed by atoms with van der Waals surface area (Å²) >= 11 is 0. The van der Waals surface area contributed by atoms with Gasteiger partial charge < -0.3 is 20.4 Å². The largest absolute Gasteiger partial charge is 0.507 e. The molecule has 0 aliphatic carbocycles. The molecule has 0 atom stereocenters. The minimum atomic E-state index is -0.798. The molecule has 4 N–H and O–H groups in total. The summed E-state index contributed by atoms with van der Waals surface area (Å²) in [5.41, 5.74) is 4.99. The van der Waals surface area contributed by atoms with Crippen LogP contribution in [0.2, 0.25) is 0 Å². The summed E-state index contributed by atoms with van der Waals surface area (Å²) in [7, 11) is 0. The van der Waals surface area contributed by atoms with Gasteiger partial charge in [0.1, 0.15) is 11.5 Å². The molecule has 0 unspecified atom stereocenters. The zero-order valence-electron chi connectivity index (χ0n) is 23.2. The molecule has 0 saturated heterocycles. The van der Waals surface area contributed by atoms with E-state index in [2.05, 4.69) is 13.2 Å². The molecule has 0 heterocycles. The van der Waals surface area contributed by atoms with Gasteiger partial charge in [-0.1, -0.05) is 65.8 Å². The monoisotopic (exact) mass is 500 g/mol. The number of rotatable bonds is 6. The number of aryl methyl sites for hydroxylation is 4. The van der Waals surface area contributed by atoms with Crippen molar-refractivity contribution in [3.63, 3.8) is 0 Å². The van der Waals surface area contributed by atoms with Crippen molar-refractivity contribution < 1.29 is 30.0 Å². The number of benzene rings is 2. The molecule has 2 aromatic rings. The summed E-state index contributed by atoms with van der Waals surface area (Å²) in [5.74, 6) is -0.964. The van der Waals surface area contributed by atoms with Crippen molar-refractivity contribution in [2.45, 2.75) is 91.9 Å². The topological polar surface area (TPSA) is 115 Å². The standard InChI is InChI=1S/2C14H20O3.C2H4/c2*1-9-7-10(5-6-12(15)16)8-11(13(9)17)14(2,3)4;1-2/h2*7-8,17H,5-6H2,1-4H3,(H,15,16);1-2H2. The first-order valence-corrected chi connectivity index (χ1v) is 12.0. The summed E-state index contributed by atoms with van der Waals surface area (Å²) < 4.78 is 0. The van der Waals surface area contributed by atoms with Crippen molar-refractivity contribution in [1.82, 2.24) is 0 Å². The van der Waals surface area contributed by atoms with Crippen LogP contribution in [0.1, 0.15) is 87.8 Å². The van der Waals surface area contributed by atoms with Crippen molar-refractivity contribution in [3.05, 3.63) is 70.8 Å². The number of carboxylic acids is 2. The third-order valence-electron chi connectivity index (χ3n) is 5.59. The first kappa shape index (κ1) is 32.7. The number of aromatic hydroxyl groups is 2. The maximum absolute atomic E-state index is 10.6. The van der Waals surface area contributed by atoms with Gasteiger partial charge in [-0.2, -0.15) is 0 Å². The molecule has 0 amide bonds. The molecule has 200 valence electrons. The number of carbonyl (C=O) groups is 2. The van der Waals surface area contributed by atoms with Crippen LogP contribution in [0.4, 0.5) is 0 Å². The van der Waals surface area contributed by atoms with E-state index in [9.17, 15) is 19.8 Å². The number of carboxylic acid groups (broad SMARTS) is 2. The van der Waals surface area contributed by atoms with Gasteiger partial charge in [-0.05, 0) is 70.9 Å². The highest BCUT2D eigenvalue weighted by atomic mass is 16.4. The predicted octanol–water partition coefficient (Wildman–Crippen LogP) is 6.83. The zero-order valence-corrected chi connectivity index (χ0v) is 23.2. The van der Waals surface area contributed by atoms with Crippen LogP contribution in [0.15, 0.2) is 37.4 Å². The Morgan fingerprint density at radius 2 is 0.944 bits per heavy atom. The summed E-state index contributed by atoms with van der Waals surface area (Å²) in [6.07, 6.45) is 1.24. The Balaban J connectivity index is 0.000000637. The fourth-order valence-electron chi connectivity index (χ4n) is 3.64. The Labute approximate surface area is 216 Å². The van der Waals surface area contributed by atoms with Gasteiger partial charge in [0.2, 0.25) is 0 Å². The number of hydrogen-bond donors (Lipinski definition) is 4. The summed E-state index contributed by atoms with van der Waals surface area (Å²) in [6, 6.07) is 7.53. The van der Waals surface area contributed by atoms with Gasteiger partial charge in [0, 0.05) is 12.8 Å². The molecule has 0 spiro atoms. The fourth-order valence-corrected chi connectivity index (χ4v) is 3.64. The number of phenolic OH excluding ortho intramolecular Hbond substituents is 2. The molecule has 0 radical (unpaired) electrons. The van der Waals surface area contributed by atoms with Crippen molar-refractivity contribution in [1.29, 1.82) is 0 Å². The Bertz CT molecular complexity index is 955. The third kappa shape index (κ3) is 10.5. The average molecular weight is 501 g/mol. The van der Waals surface area contributed by atoms with Gasteiger partial charge >= 0.3 is 11.9 Å². The second-order valence-electron chi connectivity index (χ2n) is 10.9. The van der Waals surface area contributed by atoms with Crippen LogP contribution in [-0.2, 0) is 33.3 Å². The van der Waals surface area contributed by atoms with Gasteiger partial charge in [-0.15, -0.1) is 13.2 Å². The van der Waals surface area contributed by atoms with Gasteiger partial charge in [-0.25, -0.2) is 0 Å². The molecule has 2 rings (SSSR count). The van der Waals surface area contributed by atoms with E-state index in [1.807, 2.05) is 79.7 Å². The van der Waals surface area contributed by atoms with Gasteiger partial charge in [-0.3, -0.25) is 9.59 Å². The molecule has 0 aromatic heterocycles. The van der Waals surface area contributed by atoms with E-state index in [1.54, 1.807) is 0 Å². The normalized spacial score (nSPS) is 11.0. The van der Waals surface area contributed by atoms with Crippen LogP contribution in [0, 0.1) is 13.8 Å². The Morgan fingerprint density at radius 1 is 0.667 bits per heavy atom. The molecule has 6 nitrogen and oxygen atoms in total. The number of aliphatic carboxylic acids is 2. The molecule has 0 saturated carbocycles. The van der Waals surface area contributed by atoms with Crippen LogP contribution in [0.5, 0.6) is 11.5 Å². The Hall–Kier alpha value is -3.28. The lowest BCUT2D eigenvalue weighted by Crippen LogP contribution is -2.12. The molecule has 0 aliphatic heterocycles.